The number of aryl methyl sites for hydroxylation is 1. The van der Waals surface area contributed by atoms with E-state index in [0.717, 1.165) is 50.3 Å². The molecule has 25 heavy (non-hydrogen) atoms. The number of carboxylic acid groups (broad SMARTS) is 1. The number of piperidine rings is 1. The number of hydrogen-bond donors (Lipinski definition) is 2. The summed E-state index contributed by atoms with van der Waals surface area (Å²) in [5.74, 6) is -0.971. The zero-order valence-corrected chi connectivity index (χ0v) is 14.7. The van der Waals surface area contributed by atoms with Gasteiger partial charge in [-0.1, -0.05) is 6.07 Å². The van der Waals surface area contributed by atoms with E-state index < -0.39 is 5.97 Å². The first kappa shape index (κ1) is 17.9. The Bertz CT molecular complexity index is 653. The number of carbonyl (C=O) groups excluding carboxylic acids is 1. The number of aromatic carboxylic acids is 1. The molecule has 3 rings (SSSR count). The molecule has 1 atom stereocenters. The molecule has 1 spiro atoms. The maximum atomic E-state index is 12.3. The van der Waals surface area contributed by atoms with Crippen molar-refractivity contribution in [2.45, 2.75) is 32.7 Å². The summed E-state index contributed by atoms with van der Waals surface area (Å²) < 4.78 is 5.56. The molecule has 2 aliphatic rings. The van der Waals surface area contributed by atoms with Gasteiger partial charge in [0.15, 0.2) is 0 Å². The molecule has 2 fully saturated rings. The molecule has 1 amide bonds. The molecule has 2 saturated heterocycles. The predicted octanol–water partition coefficient (Wildman–Crippen LogP) is 1.81. The molecular weight excluding hydrogens is 320 g/mol. The van der Waals surface area contributed by atoms with E-state index >= 15 is 0 Å². The van der Waals surface area contributed by atoms with Crippen molar-refractivity contribution in [3.63, 3.8) is 0 Å². The summed E-state index contributed by atoms with van der Waals surface area (Å²) in [6.45, 7) is 6.18. The summed E-state index contributed by atoms with van der Waals surface area (Å²) >= 11 is 0. The van der Waals surface area contributed by atoms with Gasteiger partial charge in [0.1, 0.15) is 0 Å². The van der Waals surface area contributed by atoms with E-state index in [4.69, 9.17) is 9.84 Å². The molecule has 1 aromatic rings. The predicted molar refractivity (Wildman–Crippen MR) is 93.5 cm³/mol. The van der Waals surface area contributed by atoms with Crippen LogP contribution in [0.3, 0.4) is 0 Å². The third kappa shape index (κ3) is 4.38. The third-order valence-electron chi connectivity index (χ3n) is 5.36. The summed E-state index contributed by atoms with van der Waals surface area (Å²) in [7, 11) is 0. The van der Waals surface area contributed by atoms with E-state index in [1.165, 1.54) is 6.42 Å². The molecule has 0 aromatic heterocycles. The van der Waals surface area contributed by atoms with Crippen LogP contribution in [0.2, 0.25) is 0 Å². The lowest BCUT2D eigenvalue weighted by molar-refractivity contribution is -0.123. The summed E-state index contributed by atoms with van der Waals surface area (Å²) in [5.41, 5.74) is 2.30. The Labute approximate surface area is 148 Å². The number of carboxylic acids is 1. The van der Waals surface area contributed by atoms with E-state index in [9.17, 15) is 9.59 Å². The molecule has 0 bridgehead atoms. The van der Waals surface area contributed by atoms with Crippen molar-refractivity contribution in [1.82, 2.24) is 10.2 Å². The molecule has 136 valence electrons. The van der Waals surface area contributed by atoms with E-state index in [-0.39, 0.29) is 16.9 Å². The monoisotopic (exact) mass is 346 g/mol. The fourth-order valence-electron chi connectivity index (χ4n) is 3.86. The number of rotatable bonds is 5. The molecule has 1 aromatic carbocycles. The van der Waals surface area contributed by atoms with Gasteiger partial charge in [-0.2, -0.15) is 0 Å². The van der Waals surface area contributed by atoms with Gasteiger partial charge in [-0.3, -0.25) is 9.69 Å². The number of carbonyl (C=O) groups is 2. The van der Waals surface area contributed by atoms with Gasteiger partial charge < -0.3 is 15.2 Å². The first-order valence-corrected chi connectivity index (χ1v) is 8.87. The first-order chi connectivity index (χ1) is 12.0. The van der Waals surface area contributed by atoms with E-state index in [1.54, 1.807) is 18.2 Å². The van der Waals surface area contributed by atoms with Crippen LogP contribution in [0.4, 0.5) is 0 Å². The highest BCUT2D eigenvalue weighted by Crippen LogP contribution is 2.37. The van der Waals surface area contributed by atoms with Gasteiger partial charge in [-0.25, -0.2) is 4.79 Å². The zero-order chi connectivity index (χ0) is 17.9. The standard InChI is InChI=1S/C19H26N2O4/c1-14-3-4-15(18(23)24)9-16(14)10-20-17(22)11-21-7-2-5-19(12-21)6-8-25-13-19/h3-4,9H,2,5-8,10-13H2,1H3,(H,20,22)(H,23,24). The number of likely N-dealkylation sites (tertiary alicyclic amines) is 1. The Balaban J connectivity index is 1.53. The molecule has 1 unspecified atom stereocenters. The van der Waals surface area contributed by atoms with Crippen molar-refractivity contribution in [3.05, 3.63) is 34.9 Å². The van der Waals surface area contributed by atoms with Crippen LogP contribution in [-0.2, 0) is 16.1 Å². The van der Waals surface area contributed by atoms with Gasteiger partial charge in [0, 0.05) is 25.1 Å². The van der Waals surface area contributed by atoms with Gasteiger partial charge in [-0.05, 0) is 56.0 Å². The first-order valence-electron chi connectivity index (χ1n) is 8.87. The molecule has 6 heteroatoms. The minimum Gasteiger partial charge on any atom is -0.478 e. The van der Waals surface area contributed by atoms with Crippen LogP contribution in [0.15, 0.2) is 18.2 Å². The third-order valence-corrected chi connectivity index (χ3v) is 5.36. The van der Waals surface area contributed by atoms with Crippen molar-refractivity contribution in [3.8, 4) is 0 Å². The minimum absolute atomic E-state index is 0.0175. The van der Waals surface area contributed by atoms with Crippen LogP contribution in [0.5, 0.6) is 0 Å². The van der Waals surface area contributed by atoms with Crippen molar-refractivity contribution in [2.24, 2.45) is 5.41 Å². The van der Waals surface area contributed by atoms with Gasteiger partial charge in [0.2, 0.25) is 5.91 Å². The lowest BCUT2D eigenvalue weighted by Gasteiger charge is -2.39. The Kier molecular flexibility index (Phi) is 5.39. The lowest BCUT2D eigenvalue weighted by Crippen LogP contribution is -2.47. The maximum Gasteiger partial charge on any atom is 0.335 e. The number of benzene rings is 1. The van der Waals surface area contributed by atoms with Gasteiger partial charge in [0.05, 0.1) is 18.7 Å². The summed E-state index contributed by atoms with van der Waals surface area (Å²) in [5, 5.41) is 12.0. The molecule has 2 N–H and O–H groups in total. The number of nitrogens with zero attached hydrogens (tertiary/aromatic N) is 1. The molecule has 0 saturated carbocycles. The van der Waals surface area contributed by atoms with Crippen molar-refractivity contribution in [1.29, 1.82) is 0 Å². The quantitative estimate of drug-likeness (QED) is 0.850. The lowest BCUT2D eigenvalue weighted by atomic mass is 9.79. The summed E-state index contributed by atoms with van der Waals surface area (Å²) in [4.78, 5) is 25.6. The van der Waals surface area contributed by atoms with Crippen LogP contribution in [0, 0.1) is 12.3 Å². The Hall–Kier alpha value is -1.92. The maximum absolute atomic E-state index is 12.3. The normalized spacial score (nSPS) is 23.7. The molecular formula is C19H26N2O4. The molecule has 6 nitrogen and oxygen atoms in total. The minimum atomic E-state index is -0.954. The van der Waals surface area contributed by atoms with Crippen LogP contribution in [0.25, 0.3) is 0 Å². The highest BCUT2D eigenvalue weighted by molar-refractivity contribution is 5.88. The van der Waals surface area contributed by atoms with Crippen LogP contribution >= 0.6 is 0 Å². The number of nitrogens with one attached hydrogen (secondary N) is 1. The highest BCUT2D eigenvalue weighted by Gasteiger charge is 2.39. The van der Waals surface area contributed by atoms with Crippen LogP contribution in [-0.4, -0.2) is 54.7 Å². The number of hydrogen-bond acceptors (Lipinski definition) is 4. The van der Waals surface area contributed by atoms with Crippen molar-refractivity contribution >= 4 is 11.9 Å². The van der Waals surface area contributed by atoms with Crippen molar-refractivity contribution in [2.75, 3.05) is 32.8 Å². The fourth-order valence-corrected chi connectivity index (χ4v) is 3.86. The molecule has 0 radical (unpaired) electrons. The average molecular weight is 346 g/mol. The van der Waals surface area contributed by atoms with E-state index in [2.05, 4.69) is 10.2 Å². The highest BCUT2D eigenvalue weighted by atomic mass is 16.5. The SMILES string of the molecule is Cc1ccc(C(=O)O)cc1CNC(=O)CN1CCCC2(CCOC2)C1. The summed E-state index contributed by atoms with van der Waals surface area (Å²) in [6, 6.07) is 4.99. The summed E-state index contributed by atoms with van der Waals surface area (Å²) in [6.07, 6.45) is 3.38. The van der Waals surface area contributed by atoms with Crippen molar-refractivity contribution < 1.29 is 19.4 Å². The second-order valence-corrected chi connectivity index (χ2v) is 7.34. The number of amides is 1. The largest absolute Gasteiger partial charge is 0.478 e. The Morgan fingerprint density at radius 2 is 2.20 bits per heavy atom. The second-order valence-electron chi connectivity index (χ2n) is 7.34. The van der Waals surface area contributed by atoms with Gasteiger partial charge >= 0.3 is 5.97 Å². The molecule has 2 aliphatic heterocycles. The Morgan fingerprint density at radius 1 is 1.36 bits per heavy atom. The van der Waals surface area contributed by atoms with Gasteiger partial charge in [-0.15, -0.1) is 0 Å². The van der Waals surface area contributed by atoms with Gasteiger partial charge in [0.25, 0.3) is 0 Å². The van der Waals surface area contributed by atoms with E-state index in [1.807, 2.05) is 6.92 Å². The topological polar surface area (TPSA) is 78.9 Å². The second kappa shape index (κ2) is 7.54. The molecule has 0 aliphatic carbocycles. The smallest absolute Gasteiger partial charge is 0.335 e. The zero-order valence-electron chi connectivity index (χ0n) is 14.7. The van der Waals surface area contributed by atoms with Crippen LogP contribution < -0.4 is 5.32 Å². The average Bonchev–Trinajstić information content (AvgIpc) is 3.01. The fraction of sp³-hybridized carbons (Fsp3) is 0.579. The van der Waals surface area contributed by atoms with E-state index in [0.29, 0.717) is 13.1 Å². The molecule has 2 heterocycles. The number of ether oxygens (including phenoxy) is 1. The van der Waals surface area contributed by atoms with Crippen LogP contribution in [0.1, 0.15) is 40.7 Å². The Morgan fingerprint density at radius 3 is 2.92 bits per heavy atom.